The summed E-state index contributed by atoms with van der Waals surface area (Å²) in [7, 11) is 3.81. The van der Waals surface area contributed by atoms with E-state index in [2.05, 4.69) is 4.98 Å². The molecule has 0 aliphatic carbocycles. The first-order valence-corrected chi connectivity index (χ1v) is 11.1. The van der Waals surface area contributed by atoms with Crippen LogP contribution in [-0.2, 0) is 16.2 Å². The van der Waals surface area contributed by atoms with Gasteiger partial charge in [0, 0.05) is 31.0 Å². The predicted octanol–water partition coefficient (Wildman–Crippen LogP) is 3.64. The number of ketones is 1. The minimum atomic E-state index is -0.728. The number of carbonyl (C=O) groups excluding carboxylic acids is 2. The molecular weight excluding hydrogens is 430 g/mol. The Bertz CT molecular complexity index is 1190. The fourth-order valence-corrected chi connectivity index (χ4v) is 3.95. The predicted molar refractivity (Wildman–Crippen MR) is 129 cm³/mol. The maximum absolute atomic E-state index is 13.1. The Labute approximate surface area is 198 Å². The molecule has 0 spiro atoms. The van der Waals surface area contributed by atoms with Crippen LogP contribution in [-0.4, -0.2) is 58.8 Å². The Kier molecular flexibility index (Phi) is 7.04. The van der Waals surface area contributed by atoms with Crippen molar-refractivity contribution in [1.29, 1.82) is 0 Å². The van der Waals surface area contributed by atoms with Gasteiger partial charge in [-0.25, -0.2) is 0 Å². The molecule has 3 aromatic rings. The summed E-state index contributed by atoms with van der Waals surface area (Å²) < 4.78 is 5.98. The van der Waals surface area contributed by atoms with Gasteiger partial charge < -0.3 is 19.6 Å². The number of aliphatic hydroxyl groups is 1. The second kappa shape index (κ2) is 10.3. The number of aromatic nitrogens is 1. The Morgan fingerprint density at radius 3 is 2.47 bits per heavy atom. The van der Waals surface area contributed by atoms with Crippen molar-refractivity contribution >= 4 is 17.4 Å². The molecule has 2 aromatic carbocycles. The van der Waals surface area contributed by atoms with E-state index >= 15 is 0 Å². The first-order valence-electron chi connectivity index (χ1n) is 11.1. The summed E-state index contributed by atoms with van der Waals surface area (Å²) >= 11 is 0. The third-order valence-electron chi connectivity index (χ3n) is 5.70. The number of carbonyl (C=O) groups is 2. The summed E-state index contributed by atoms with van der Waals surface area (Å²) in [5, 5.41) is 11.1. The molecule has 1 aliphatic rings. The molecule has 2 heterocycles. The number of aliphatic hydroxyl groups excluding tert-OH is 1. The minimum Gasteiger partial charge on any atom is -0.507 e. The Hall–Kier alpha value is -3.97. The standard InChI is InChI=1S/C27H27N3O4/c1-29(2)15-16-30-24(23(26(32)27(30)33)25(31)20-11-13-28-14-12-20)21-9-6-10-22(17-21)34-18-19-7-4-3-5-8-19/h3-14,17,24,31H,15-16,18H2,1-2H3/b25-23-. The average Bonchev–Trinajstić information content (AvgIpc) is 3.12. The highest BCUT2D eigenvalue weighted by molar-refractivity contribution is 6.46. The topological polar surface area (TPSA) is 83.0 Å². The van der Waals surface area contributed by atoms with Crippen LogP contribution in [0.3, 0.4) is 0 Å². The molecule has 1 aromatic heterocycles. The molecule has 174 valence electrons. The number of ether oxygens (including phenoxy) is 1. The Morgan fingerprint density at radius 2 is 1.76 bits per heavy atom. The van der Waals surface area contributed by atoms with Gasteiger partial charge in [0.15, 0.2) is 0 Å². The van der Waals surface area contributed by atoms with E-state index in [1.807, 2.05) is 73.6 Å². The van der Waals surface area contributed by atoms with Gasteiger partial charge in [-0.3, -0.25) is 14.6 Å². The molecule has 7 heteroatoms. The van der Waals surface area contributed by atoms with Gasteiger partial charge in [-0.05, 0) is 49.5 Å². The van der Waals surface area contributed by atoms with E-state index in [0.29, 0.717) is 36.6 Å². The smallest absolute Gasteiger partial charge is 0.295 e. The van der Waals surface area contributed by atoms with Crippen LogP contribution in [0.1, 0.15) is 22.7 Å². The lowest BCUT2D eigenvalue weighted by Gasteiger charge is -2.27. The fourth-order valence-electron chi connectivity index (χ4n) is 3.95. The molecule has 0 saturated carbocycles. The zero-order valence-electron chi connectivity index (χ0n) is 19.2. The lowest BCUT2D eigenvalue weighted by Crippen LogP contribution is -2.35. The molecule has 1 atom stereocenters. The number of pyridine rings is 1. The largest absolute Gasteiger partial charge is 0.507 e. The fraction of sp³-hybridized carbons (Fsp3) is 0.222. The van der Waals surface area contributed by atoms with Crippen LogP contribution in [0.25, 0.3) is 5.76 Å². The molecule has 4 rings (SSSR count). The van der Waals surface area contributed by atoms with Gasteiger partial charge in [0.1, 0.15) is 18.1 Å². The molecule has 0 bridgehead atoms. The van der Waals surface area contributed by atoms with Crippen LogP contribution >= 0.6 is 0 Å². The van der Waals surface area contributed by atoms with E-state index in [-0.39, 0.29) is 11.3 Å². The molecule has 1 amide bonds. The zero-order valence-corrected chi connectivity index (χ0v) is 19.2. The third kappa shape index (κ3) is 5.00. The van der Waals surface area contributed by atoms with Crippen molar-refractivity contribution in [3.8, 4) is 5.75 Å². The maximum atomic E-state index is 13.1. The summed E-state index contributed by atoms with van der Waals surface area (Å²) in [6.07, 6.45) is 3.06. The minimum absolute atomic E-state index is 0.0650. The van der Waals surface area contributed by atoms with E-state index in [1.54, 1.807) is 12.1 Å². The number of amides is 1. The molecule has 1 saturated heterocycles. The molecule has 1 unspecified atom stereocenters. The monoisotopic (exact) mass is 457 g/mol. The molecule has 0 radical (unpaired) electrons. The van der Waals surface area contributed by atoms with Crippen molar-refractivity contribution in [2.45, 2.75) is 12.6 Å². The summed E-state index contributed by atoms with van der Waals surface area (Å²) in [4.78, 5) is 33.5. The van der Waals surface area contributed by atoms with Crippen LogP contribution in [0.5, 0.6) is 5.75 Å². The van der Waals surface area contributed by atoms with Gasteiger partial charge in [-0.1, -0.05) is 42.5 Å². The number of likely N-dealkylation sites (tertiary alicyclic amines) is 1. The van der Waals surface area contributed by atoms with E-state index < -0.39 is 17.7 Å². The SMILES string of the molecule is CN(C)CCN1C(=O)C(=O)/C(=C(\O)c2ccncc2)C1c1cccc(OCc2ccccc2)c1. The number of hydrogen-bond acceptors (Lipinski definition) is 6. The van der Waals surface area contributed by atoms with Crippen molar-refractivity contribution < 1.29 is 19.4 Å². The Balaban J connectivity index is 1.72. The lowest BCUT2D eigenvalue weighted by molar-refractivity contribution is -0.140. The van der Waals surface area contributed by atoms with Gasteiger partial charge in [-0.2, -0.15) is 0 Å². The Morgan fingerprint density at radius 1 is 1.03 bits per heavy atom. The zero-order chi connectivity index (χ0) is 24.1. The maximum Gasteiger partial charge on any atom is 0.295 e. The van der Waals surface area contributed by atoms with Crippen molar-refractivity contribution in [1.82, 2.24) is 14.8 Å². The van der Waals surface area contributed by atoms with E-state index in [1.165, 1.54) is 17.3 Å². The quantitative estimate of drug-likeness (QED) is 0.316. The van der Waals surface area contributed by atoms with Crippen molar-refractivity contribution in [3.63, 3.8) is 0 Å². The summed E-state index contributed by atoms with van der Waals surface area (Å²) in [6, 6.07) is 19.6. The molecule has 7 nitrogen and oxygen atoms in total. The van der Waals surface area contributed by atoms with Crippen molar-refractivity contribution in [3.05, 3.63) is 101 Å². The average molecular weight is 458 g/mol. The summed E-state index contributed by atoms with van der Waals surface area (Å²) in [5.41, 5.74) is 2.22. The van der Waals surface area contributed by atoms with Crippen molar-refractivity contribution in [2.75, 3.05) is 27.2 Å². The molecule has 1 fully saturated rings. The van der Waals surface area contributed by atoms with Crippen LogP contribution < -0.4 is 4.74 Å². The van der Waals surface area contributed by atoms with Gasteiger partial charge >= 0.3 is 0 Å². The number of rotatable bonds is 8. The normalized spacial score (nSPS) is 17.4. The highest BCUT2D eigenvalue weighted by Gasteiger charge is 2.46. The van der Waals surface area contributed by atoms with Crippen LogP contribution in [0.15, 0.2) is 84.7 Å². The van der Waals surface area contributed by atoms with E-state index in [0.717, 1.165) is 5.56 Å². The number of hydrogen-bond donors (Lipinski definition) is 1. The number of benzene rings is 2. The van der Waals surface area contributed by atoms with Crippen LogP contribution in [0, 0.1) is 0 Å². The number of Topliss-reactive ketones (excluding diaryl/α,β-unsaturated/α-hetero) is 1. The number of nitrogens with zero attached hydrogens (tertiary/aromatic N) is 3. The molecule has 1 N–H and O–H groups in total. The summed E-state index contributed by atoms with van der Waals surface area (Å²) in [6.45, 7) is 1.30. The summed E-state index contributed by atoms with van der Waals surface area (Å²) in [5.74, 6) is -0.927. The van der Waals surface area contributed by atoms with Gasteiger partial charge in [-0.15, -0.1) is 0 Å². The highest BCUT2D eigenvalue weighted by atomic mass is 16.5. The van der Waals surface area contributed by atoms with Crippen molar-refractivity contribution in [2.24, 2.45) is 0 Å². The first kappa shape index (κ1) is 23.2. The molecule has 34 heavy (non-hydrogen) atoms. The van der Waals surface area contributed by atoms with E-state index in [9.17, 15) is 14.7 Å². The number of likely N-dealkylation sites (N-methyl/N-ethyl adjacent to an activating group) is 1. The third-order valence-corrected chi connectivity index (χ3v) is 5.70. The first-order chi connectivity index (χ1) is 16.5. The second-order valence-corrected chi connectivity index (χ2v) is 8.38. The molecular formula is C27H27N3O4. The van der Waals surface area contributed by atoms with Gasteiger partial charge in [0.25, 0.3) is 11.7 Å². The molecule has 1 aliphatic heterocycles. The lowest BCUT2D eigenvalue weighted by atomic mass is 9.95. The van der Waals surface area contributed by atoms with Crippen LogP contribution in [0.4, 0.5) is 0 Å². The highest BCUT2D eigenvalue weighted by Crippen LogP contribution is 2.40. The van der Waals surface area contributed by atoms with Crippen LogP contribution in [0.2, 0.25) is 0 Å². The second-order valence-electron chi connectivity index (χ2n) is 8.38. The van der Waals surface area contributed by atoms with Gasteiger partial charge in [0.05, 0.1) is 11.6 Å². The van der Waals surface area contributed by atoms with Gasteiger partial charge in [0.2, 0.25) is 0 Å². The van der Waals surface area contributed by atoms with E-state index in [4.69, 9.17) is 4.74 Å².